The molecule has 0 amide bonds. The molecule has 2 heterocycles. The summed E-state index contributed by atoms with van der Waals surface area (Å²) in [5, 5.41) is 3.09. The van der Waals surface area contributed by atoms with Gasteiger partial charge in [-0.05, 0) is 51.3 Å². The van der Waals surface area contributed by atoms with Gasteiger partial charge in [0.25, 0.3) is 10.0 Å². The van der Waals surface area contributed by atoms with Crippen LogP contribution in [-0.2, 0) is 16.6 Å². The molecule has 2 unspecified atom stereocenters. The van der Waals surface area contributed by atoms with Gasteiger partial charge in [0, 0.05) is 24.0 Å². The van der Waals surface area contributed by atoms with Gasteiger partial charge in [-0.3, -0.25) is 0 Å². The van der Waals surface area contributed by atoms with Gasteiger partial charge in [-0.1, -0.05) is 6.92 Å². The fraction of sp³-hybridized carbons (Fsp3) is 0.714. The lowest BCUT2D eigenvalue weighted by Crippen LogP contribution is -2.45. The number of nitrogens with zero attached hydrogens (tertiary/aromatic N) is 1. The number of thiophene rings is 1. The first kappa shape index (κ1) is 15.9. The van der Waals surface area contributed by atoms with Gasteiger partial charge in [0.15, 0.2) is 0 Å². The molecule has 0 aliphatic carbocycles. The van der Waals surface area contributed by atoms with Crippen molar-refractivity contribution in [2.75, 3.05) is 13.6 Å². The number of nitrogens with one attached hydrogen (secondary N) is 1. The minimum Gasteiger partial charge on any atom is -0.315 e. The van der Waals surface area contributed by atoms with Crippen LogP contribution < -0.4 is 5.32 Å². The predicted octanol–water partition coefficient (Wildman–Crippen LogP) is 2.59. The van der Waals surface area contributed by atoms with Crippen molar-refractivity contribution in [1.29, 1.82) is 0 Å². The van der Waals surface area contributed by atoms with E-state index in [0.29, 0.717) is 16.7 Å². The molecule has 2 atom stereocenters. The van der Waals surface area contributed by atoms with Crippen LogP contribution in [0.2, 0.25) is 0 Å². The van der Waals surface area contributed by atoms with Crippen molar-refractivity contribution in [1.82, 2.24) is 9.62 Å². The smallest absolute Gasteiger partial charge is 0.252 e. The summed E-state index contributed by atoms with van der Waals surface area (Å²) in [5.74, 6) is 0.427. The Morgan fingerprint density at radius 2 is 2.15 bits per heavy atom. The average molecular weight is 316 g/mol. The molecule has 1 aliphatic rings. The first-order valence-corrected chi connectivity index (χ1v) is 9.39. The van der Waals surface area contributed by atoms with Gasteiger partial charge in [0.1, 0.15) is 4.21 Å². The van der Waals surface area contributed by atoms with Crippen LogP contribution in [-0.4, -0.2) is 32.4 Å². The van der Waals surface area contributed by atoms with E-state index in [4.69, 9.17) is 0 Å². The van der Waals surface area contributed by atoms with Crippen LogP contribution in [0.4, 0.5) is 0 Å². The first-order chi connectivity index (χ1) is 9.37. The van der Waals surface area contributed by atoms with Gasteiger partial charge in [0.2, 0.25) is 0 Å². The second kappa shape index (κ2) is 6.13. The van der Waals surface area contributed by atoms with Gasteiger partial charge >= 0.3 is 0 Å². The third-order valence-electron chi connectivity index (χ3n) is 4.21. The first-order valence-electron chi connectivity index (χ1n) is 7.13. The number of hydrogen-bond acceptors (Lipinski definition) is 4. The monoisotopic (exact) mass is 316 g/mol. The SMILES string of the molecule is CNCc1sc(S(=O)(=O)N2CCCC(C)C2C)cc1C. The fourth-order valence-corrected chi connectivity index (χ4v) is 6.20. The molecule has 2 rings (SSSR count). The molecule has 1 N–H and O–H groups in total. The van der Waals surface area contributed by atoms with Crippen molar-refractivity contribution in [3.8, 4) is 0 Å². The highest BCUT2D eigenvalue weighted by Crippen LogP contribution is 2.33. The van der Waals surface area contributed by atoms with Crippen LogP contribution in [0.15, 0.2) is 10.3 Å². The van der Waals surface area contributed by atoms with E-state index in [-0.39, 0.29) is 6.04 Å². The highest BCUT2D eigenvalue weighted by atomic mass is 32.2. The van der Waals surface area contributed by atoms with E-state index in [1.807, 2.05) is 27.0 Å². The van der Waals surface area contributed by atoms with E-state index in [9.17, 15) is 8.42 Å². The van der Waals surface area contributed by atoms with Crippen LogP contribution in [0, 0.1) is 12.8 Å². The summed E-state index contributed by atoms with van der Waals surface area (Å²) in [7, 11) is -1.46. The zero-order valence-corrected chi connectivity index (χ0v) is 14.3. The second-order valence-electron chi connectivity index (χ2n) is 5.68. The molecular formula is C14H24N2O2S2. The summed E-state index contributed by atoms with van der Waals surface area (Å²) in [5.41, 5.74) is 1.06. The standard InChI is InChI=1S/C14H24N2O2S2/c1-10-6-5-7-16(12(10)3)20(17,18)14-8-11(2)13(19-14)9-15-4/h8,10,12,15H,5-7,9H2,1-4H3. The van der Waals surface area contributed by atoms with Crippen molar-refractivity contribution in [2.45, 2.75) is 50.4 Å². The van der Waals surface area contributed by atoms with Crippen molar-refractivity contribution in [2.24, 2.45) is 5.92 Å². The summed E-state index contributed by atoms with van der Waals surface area (Å²) in [6, 6.07) is 1.91. The molecule has 0 bridgehead atoms. The number of sulfonamides is 1. The highest BCUT2D eigenvalue weighted by molar-refractivity contribution is 7.91. The summed E-state index contributed by atoms with van der Waals surface area (Å²) in [6.45, 7) is 7.50. The molecule has 1 saturated heterocycles. The van der Waals surface area contributed by atoms with E-state index < -0.39 is 10.0 Å². The van der Waals surface area contributed by atoms with Crippen molar-refractivity contribution >= 4 is 21.4 Å². The molecule has 4 nitrogen and oxygen atoms in total. The molecule has 114 valence electrons. The van der Waals surface area contributed by atoms with Gasteiger partial charge < -0.3 is 5.32 Å². The van der Waals surface area contributed by atoms with Crippen LogP contribution in [0.1, 0.15) is 37.1 Å². The van der Waals surface area contributed by atoms with E-state index >= 15 is 0 Å². The number of piperidine rings is 1. The lowest BCUT2D eigenvalue weighted by molar-refractivity contribution is 0.202. The molecule has 1 fully saturated rings. The van der Waals surface area contributed by atoms with Crippen molar-refractivity contribution in [3.05, 3.63) is 16.5 Å². The van der Waals surface area contributed by atoms with Crippen molar-refractivity contribution in [3.63, 3.8) is 0 Å². The lowest BCUT2D eigenvalue weighted by Gasteiger charge is -2.36. The summed E-state index contributed by atoms with van der Waals surface area (Å²) in [4.78, 5) is 1.10. The molecule has 1 aromatic heterocycles. The molecule has 0 spiro atoms. The Hall–Kier alpha value is -0.430. The van der Waals surface area contributed by atoms with Crippen LogP contribution in [0.3, 0.4) is 0 Å². The highest BCUT2D eigenvalue weighted by Gasteiger charge is 2.35. The molecule has 6 heteroatoms. The van der Waals surface area contributed by atoms with E-state index in [1.54, 1.807) is 4.31 Å². The molecule has 1 aromatic rings. The van der Waals surface area contributed by atoms with Crippen LogP contribution >= 0.6 is 11.3 Å². The van der Waals surface area contributed by atoms with Gasteiger partial charge in [-0.2, -0.15) is 4.31 Å². The zero-order valence-electron chi connectivity index (χ0n) is 12.6. The average Bonchev–Trinajstić information content (AvgIpc) is 2.75. The maximum Gasteiger partial charge on any atom is 0.252 e. The maximum absolute atomic E-state index is 12.8. The number of rotatable bonds is 4. The predicted molar refractivity (Wildman–Crippen MR) is 83.6 cm³/mol. The topological polar surface area (TPSA) is 49.4 Å². The normalized spacial score (nSPS) is 25.0. The Labute approximate surface area is 126 Å². The Morgan fingerprint density at radius 1 is 1.45 bits per heavy atom. The summed E-state index contributed by atoms with van der Waals surface area (Å²) >= 11 is 1.40. The molecule has 1 aliphatic heterocycles. The molecule has 0 saturated carbocycles. The Balaban J connectivity index is 2.32. The van der Waals surface area contributed by atoms with Gasteiger partial charge in [-0.25, -0.2) is 8.42 Å². The van der Waals surface area contributed by atoms with Gasteiger partial charge in [0.05, 0.1) is 0 Å². The quantitative estimate of drug-likeness (QED) is 0.929. The van der Waals surface area contributed by atoms with E-state index in [0.717, 1.165) is 29.8 Å². The molecular weight excluding hydrogens is 292 g/mol. The largest absolute Gasteiger partial charge is 0.315 e. The molecule has 0 aromatic carbocycles. The number of hydrogen-bond donors (Lipinski definition) is 1. The Bertz CT molecular complexity index is 566. The fourth-order valence-electron chi connectivity index (χ4n) is 2.70. The lowest BCUT2D eigenvalue weighted by atomic mass is 9.94. The van der Waals surface area contributed by atoms with Crippen molar-refractivity contribution < 1.29 is 8.42 Å². The second-order valence-corrected chi connectivity index (χ2v) is 8.93. The molecule has 0 radical (unpaired) electrons. The maximum atomic E-state index is 12.8. The Kier molecular flexibility index (Phi) is 4.89. The Morgan fingerprint density at radius 3 is 2.80 bits per heavy atom. The van der Waals surface area contributed by atoms with E-state index in [1.165, 1.54) is 11.3 Å². The minimum atomic E-state index is -3.34. The van der Waals surface area contributed by atoms with Crippen LogP contribution in [0.5, 0.6) is 0 Å². The zero-order chi connectivity index (χ0) is 14.9. The third-order valence-corrected chi connectivity index (χ3v) is 7.89. The summed E-state index contributed by atoms with van der Waals surface area (Å²) in [6.07, 6.45) is 2.07. The van der Waals surface area contributed by atoms with Gasteiger partial charge in [-0.15, -0.1) is 11.3 Å². The number of aryl methyl sites for hydroxylation is 1. The minimum absolute atomic E-state index is 0.0870. The van der Waals surface area contributed by atoms with Crippen LogP contribution in [0.25, 0.3) is 0 Å². The molecule has 20 heavy (non-hydrogen) atoms. The van der Waals surface area contributed by atoms with E-state index in [2.05, 4.69) is 12.2 Å². The summed E-state index contributed by atoms with van der Waals surface area (Å²) < 4.78 is 27.8. The third kappa shape index (κ3) is 2.93.